The van der Waals surface area contributed by atoms with Crippen LogP contribution in [0, 0.1) is 0 Å². The maximum Gasteiger partial charge on any atom is 0.407 e. The number of aromatic nitrogens is 3. The first-order valence-corrected chi connectivity index (χ1v) is 5.50. The molecule has 6 nitrogen and oxygen atoms in total. The fraction of sp³-hybridized carbons (Fsp3) is 0.300. The van der Waals surface area contributed by atoms with Crippen LogP contribution in [-0.2, 0) is 0 Å². The number of hydrogen-bond donors (Lipinski definition) is 1. The average Bonchev–Trinajstić information content (AvgIpc) is 2.61. The molecule has 1 aliphatic heterocycles. The summed E-state index contributed by atoms with van der Waals surface area (Å²) >= 11 is 5.94. The minimum Gasteiger partial charge on any atom is -0.465 e. The average molecular weight is 253 g/mol. The first kappa shape index (κ1) is 10.3. The highest BCUT2D eigenvalue weighted by Gasteiger charge is 2.34. The molecule has 3 rings (SSSR count). The number of imidazole rings is 1. The number of likely N-dealkylation sites (tertiary alicyclic amines) is 1. The van der Waals surface area contributed by atoms with E-state index < -0.39 is 6.09 Å². The fourth-order valence-electron chi connectivity index (χ4n) is 2.02. The molecule has 3 heterocycles. The molecule has 0 saturated carbocycles. The number of carbonyl (C=O) groups is 1. The van der Waals surface area contributed by atoms with Gasteiger partial charge in [-0.1, -0.05) is 11.6 Å². The SMILES string of the molecule is O=C(O)N1CC(c2ncc3c(Cl)nccn23)C1. The number of carboxylic acid groups (broad SMARTS) is 1. The van der Waals surface area contributed by atoms with Crippen molar-refractivity contribution in [3.05, 3.63) is 29.6 Å². The third kappa shape index (κ3) is 1.52. The van der Waals surface area contributed by atoms with Gasteiger partial charge in [0.1, 0.15) is 11.3 Å². The van der Waals surface area contributed by atoms with Crippen molar-refractivity contribution in [1.29, 1.82) is 0 Å². The Morgan fingerprint density at radius 1 is 1.47 bits per heavy atom. The van der Waals surface area contributed by atoms with E-state index in [0.29, 0.717) is 18.2 Å². The number of amides is 1. The molecule has 1 N–H and O–H groups in total. The van der Waals surface area contributed by atoms with Crippen LogP contribution in [0.4, 0.5) is 4.79 Å². The zero-order valence-corrected chi connectivity index (χ0v) is 9.50. The summed E-state index contributed by atoms with van der Waals surface area (Å²) in [5.74, 6) is 0.967. The minimum absolute atomic E-state index is 0.132. The summed E-state index contributed by atoms with van der Waals surface area (Å²) in [5.41, 5.74) is 0.748. The Balaban J connectivity index is 1.93. The van der Waals surface area contributed by atoms with Crippen molar-refractivity contribution < 1.29 is 9.90 Å². The lowest BCUT2D eigenvalue weighted by Gasteiger charge is -2.36. The van der Waals surface area contributed by atoms with E-state index in [4.69, 9.17) is 16.7 Å². The first-order valence-electron chi connectivity index (χ1n) is 5.12. The molecule has 0 radical (unpaired) electrons. The summed E-state index contributed by atoms with van der Waals surface area (Å²) in [6.07, 6.45) is 4.16. The molecule has 0 spiro atoms. The van der Waals surface area contributed by atoms with Crippen LogP contribution in [0.15, 0.2) is 18.6 Å². The highest BCUT2D eigenvalue weighted by molar-refractivity contribution is 6.32. The summed E-state index contributed by atoms with van der Waals surface area (Å²) in [6.45, 7) is 0.961. The lowest BCUT2D eigenvalue weighted by Crippen LogP contribution is -2.48. The lowest BCUT2D eigenvalue weighted by molar-refractivity contribution is 0.103. The monoisotopic (exact) mass is 252 g/mol. The topological polar surface area (TPSA) is 70.7 Å². The molecule has 0 bridgehead atoms. The van der Waals surface area contributed by atoms with E-state index in [0.717, 1.165) is 11.3 Å². The maximum atomic E-state index is 10.7. The van der Waals surface area contributed by atoms with Crippen molar-refractivity contribution in [2.45, 2.75) is 5.92 Å². The molecule has 88 valence electrons. The van der Waals surface area contributed by atoms with Crippen molar-refractivity contribution in [3.8, 4) is 0 Å². The van der Waals surface area contributed by atoms with E-state index in [1.54, 1.807) is 18.6 Å². The van der Waals surface area contributed by atoms with Crippen molar-refractivity contribution in [2.24, 2.45) is 0 Å². The molecule has 1 aliphatic rings. The Labute approximate surface area is 101 Å². The molecule has 0 aromatic carbocycles. The quantitative estimate of drug-likeness (QED) is 0.834. The zero-order chi connectivity index (χ0) is 12.0. The van der Waals surface area contributed by atoms with Crippen LogP contribution in [0.2, 0.25) is 5.15 Å². The molecular weight excluding hydrogens is 244 g/mol. The summed E-state index contributed by atoms with van der Waals surface area (Å²) in [4.78, 5) is 20.3. The van der Waals surface area contributed by atoms with Gasteiger partial charge in [0, 0.05) is 25.5 Å². The molecule has 17 heavy (non-hydrogen) atoms. The molecule has 1 fully saturated rings. The van der Waals surface area contributed by atoms with E-state index in [9.17, 15) is 4.79 Å². The summed E-state index contributed by atoms with van der Waals surface area (Å²) in [7, 11) is 0. The van der Waals surface area contributed by atoms with Gasteiger partial charge in [0.15, 0.2) is 5.15 Å². The Morgan fingerprint density at radius 2 is 2.24 bits per heavy atom. The highest BCUT2D eigenvalue weighted by atomic mass is 35.5. The van der Waals surface area contributed by atoms with Crippen molar-refractivity contribution in [3.63, 3.8) is 0 Å². The molecule has 1 amide bonds. The summed E-state index contributed by atoms with van der Waals surface area (Å²) < 4.78 is 1.86. The van der Waals surface area contributed by atoms with Gasteiger partial charge in [0.2, 0.25) is 0 Å². The van der Waals surface area contributed by atoms with E-state index in [1.165, 1.54) is 4.90 Å². The summed E-state index contributed by atoms with van der Waals surface area (Å²) in [5, 5.41) is 9.18. The van der Waals surface area contributed by atoms with E-state index >= 15 is 0 Å². The highest BCUT2D eigenvalue weighted by Crippen LogP contribution is 2.27. The Bertz CT molecular complexity index is 591. The lowest BCUT2D eigenvalue weighted by atomic mass is 10.0. The van der Waals surface area contributed by atoms with E-state index in [1.807, 2.05) is 4.40 Å². The third-order valence-corrected chi connectivity index (χ3v) is 3.25. The second-order valence-electron chi connectivity index (χ2n) is 3.97. The number of hydrogen-bond acceptors (Lipinski definition) is 3. The first-order chi connectivity index (χ1) is 8.16. The van der Waals surface area contributed by atoms with Crippen molar-refractivity contribution in [2.75, 3.05) is 13.1 Å². The molecule has 2 aromatic rings. The molecule has 2 aromatic heterocycles. The fourth-order valence-corrected chi connectivity index (χ4v) is 2.21. The smallest absolute Gasteiger partial charge is 0.407 e. The zero-order valence-electron chi connectivity index (χ0n) is 8.75. The molecule has 7 heteroatoms. The van der Waals surface area contributed by atoms with Gasteiger partial charge in [-0.2, -0.15) is 0 Å². The second-order valence-corrected chi connectivity index (χ2v) is 4.33. The summed E-state index contributed by atoms with van der Waals surface area (Å²) in [6, 6.07) is 0. The van der Waals surface area contributed by atoms with Crippen LogP contribution < -0.4 is 0 Å². The van der Waals surface area contributed by atoms with E-state index in [-0.39, 0.29) is 5.92 Å². The predicted molar refractivity (Wildman–Crippen MR) is 60.3 cm³/mol. The molecule has 0 unspecified atom stereocenters. The van der Waals surface area contributed by atoms with Crippen LogP contribution in [0.3, 0.4) is 0 Å². The van der Waals surface area contributed by atoms with E-state index in [2.05, 4.69) is 9.97 Å². The Kier molecular flexibility index (Phi) is 2.19. The van der Waals surface area contributed by atoms with Crippen LogP contribution in [0.1, 0.15) is 11.7 Å². The van der Waals surface area contributed by atoms with Crippen LogP contribution in [0.5, 0.6) is 0 Å². The number of halogens is 1. The van der Waals surface area contributed by atoms with Gasteiger partial charge < -0.3 is 10.0 Å². The van der Waals surface area contributed by atoms with Gasteiger partial charge in [-0.15, -0.1) is 0 Å². The molecule has 0 aliphatic carbocycles. The van der Waals surface area contributed by atoms with Gasteiger partial charge in [-0.05, 0) is 0 Å². The van der Waals surface area contributed by atoms with Gasteiger partial charge in [-0.3, -0.25) is 4.40 Å². The van der Waals surface area contributed by atoms with Gasteiger partial charge in [0.25, 0.3) is 0 Å². The number of rotatable bonds is 1. The van der Waals surface area contributed by atoms with Gasteiger partial charge in [0.05, 0.1) is 12.1 Å². The molecule has 0 atom stereocenters. The predicted octanol–water partition coefficient (Wildman–Crippen LogP) is 1.46. The normalized spacial score (nSPS) is 16.2. The number of nitrogens with zero attached hydrogens (tertiary/aromatic N) is 4. The van der Waals surface area contributed by atoms with Crippen LogP contribution in [0.25, 0.3) is 5.52 Å². The van der Waals surface area contributed by atoms with Crippen LogP contribution in [-0.4, -0.2) is 43.6 Å². The third-order valence-electron chi connectivity index (χ3n) is 2.96. The molecule has 1 saturated heterocycles. The minimum atomic E-state index is -0.887. The standard InChI is InChI=1S/C10H9ClN4O2/c11-8-7-3-13-9(15(7)2-1-12-8)6-4-14(5-6)10(16)17/h1-3,6H,4-5H2,(H,16,17). The van der Waals surface area contributed by atoms with Gasteiger partial charge in [-0.25, -0.2) is 14.8 Å². The van der Waals surface area contributed by atoms with Crippen LogP contribution >= 0.6 is 11.6 Å². The molecular formula is C10H9ClN4O2. The van der Waals surface area contributed by atoms with Crippen molar-refractivity contribution >= 4 is 23.2 Å². The Hall–Kier alpha value is -1.82. The maximum absolute atomic E-state index is 10.7. The largest absolute Gasteiger partial charge is 0.465 e. The Morgan fingerprint density at radius 3 is 2.94 bits per heavy atom. The van der Waals surface area contributed by atoms with Gasteiger partial charge >= 0.3 is 6.09 Å². The second kappa shape index (κ2) is 3.59. The van der Waals surface area contributed by atoms with Crippen molar-refractivity contribution in [1.82, 2.24) is 19.3 Å². The number of fused-ring (bicyclic) bond motifs is 1.